The van der Waals surface area contributed by atoms with E-state index in [0.717, 1.165) is 46.0 Å². The fourth-order valence-electron chi connectivity index (χ4n) is 3.21. The van der Waals surface area contributed by atoms with Gasteiger partial charge in [0.15, 0.2) is 0 Å². The fraction of sp³-hybridized carbons (Fsp3) is 0.300. The number of hydrogen-bond acceptors (Lipinski definition) is 2. The molecule has 3 rings (SSSR count). The number of nitrogens with one attached hydrogen (secondary N) is 2. The number of carbonyl (C=O) groups excluding carboxylic acids is 2. The summed E-state index contributed by atoms with van der Waals surface area (Å²) in [5, 5.41) is 5.96. The van der Waals surface area contributed by atoms with Crippen LogP contribution in [0.15, 0.2) is 57.5 Å². The minimum absolute atomic E-state index is 0.0292. The van der Waals surface area contributed by atoms with Crippen LogP contribution in [0.1, 0.15) is 25.7 Å². The van der Waals surface area contributed by atoms with Gasteiger partial charge in [0.2, 0.25) is 11.8 Å². The molecule has 6 heteroatoms. The van der Waals surface area contributed by atoms with Crippen LogP contribution >= 0.6 is 31.9 Å². The van der Waals surface area contributed by atoms with Crippen molar-refractivity contribution < 1.29 is 9.59 Å². The number of hydrogen-bond donors (Lipinski definition) is 2. The van der Waals surface area contributed by atoms with Crippen molar-refractivity contribution in [1.82, 2.24) is 0 Å². The molecule has 4 nitrogen and oxygen atoms in total. The molecule has 26 heavy (non-hydrogen) atoms. The van der Waals surface area contributed by atoms with Gasteiger partial charge in [-0.3, -0.25) is 9.59 Å². The topological polar surface area (TPSA) is 58.2 Å². The molecule has 136 valence electrons. The fourth-order valence-corrected chi connectivity index (χ4v) is 3.98. The van der Waals surface area contributed by atoms with Gasteiger partial charge in [0, 0.05) is 20.8 Å². The predicted molar refractivity (Wildman–Crippen MR) is 111 cm³/mol. The van der Waals surface area contributed by atoms with E-state index in [1.54, 1.807) is 0 Å². The standard InChI is InChI=1S/C20H20Br2N2O2/c21-15-5-1-3-7-17(15)23-19(25)13-9-11-14(12-10-13)20(26)24-18-8-4-2-6-16(18)22/h1-8,13-14H,9-12H2,(H,23,25)(H,24,26). The van der Waals surface area contributed by atoms with Gasteiger partial charge in [-0.2, -0.15) is 0 Å². The van der Waals surface area contributed by atoms with E-state index in [-0.39, 0.29) is 23.7 Å². The SMILES string of the molecule is O=C(Nc1ccccc1Br)C1CCC(C(=O)Nc2ccccc2Br)CC1. The highest BCUT2D eigenvalue weighted by molar-refractivity contribution is 9.11. The van der Waals surface area contributed by atoms with Crippen molar-refractivity contribution in [2.45, 2.75) is 25.7 Å². The van der Waals surface area contributed by atoms with Gasteiger partial charge in [0.05, 0.1) is 11.4 Å². The predicted octanol–water partition coefficient (Wildman–Crippen LogP) is 5.60. The van der Waals surface area contributed by atoms with Crippen LogP contribution in [-0.2, 0) is 9.59 Å². The summed E-state index contributed by atoms with van der Waals surface area (Å²) in [7, 11) is 0. The van der Waals surface area contributed by atoms with Gasteiger partial charge >= 0.3 is 0 Å². The van der Waals surface area contributed by atoms with Crippen molar-refractivity contribution in [3.8, 4) is 0 Å². The molecule has 1 aliphatic carbocycles. The summed E-state index contributed by atoms with van der Waals surface area (Å²) in [6, 6.07) is 15.2. The number of benzene rings is 2. The van der Waals surface area contributed by atoms with Gasteiger partial charge < -0.3 is 10.6 Å². The first-order valence-corrected chi connectivity index (χ1v) is 10.2. The third-order valence-electron chi connectivity index (χ3n) is 4.73. The first-order chi connectivity index (χ1) is 12.5. The molecule has 1 saturated carbocycles. The smallest absolute Gasteiger partial charge is 0.227 e. The molecule has 0 unspecified atom stereocenters. The highest BCUT2D eigenvalue weighted by Crippen LogP contribution is 2.32. The molecular weight excluding hydrogens is 460 g/mol. The Bertz CT molecular complexity index is 734. The van der Waals surface area contributed by atoms with E-state index >= 15 is 0 Å². The zero-order chi connectivity index (χ0) is 18.5. The van der Waals surface area contributed by atoms with Crippen molar-refractivity contribution in [1.29, 1.82) is 0 Å². The molecule has 2 aromatic rings. The quantitative estimate of drug-likeness (QED) is 0.599. The summed E-state index contributed by atoms with van der Waals surface area (Å²) < 4.78 is 1.74. The third kappa shape index (κ3) is 4.74. The van der Waals surface area contributed by atoms with Crippen molar-refractivity contribution in [3.63, 3.8) is 0 Å². The van der Waals surface area contributed by atoms with Gasteiger partial charge in [-0.05, 0) is 81.8 Å². The van der Waals surface area contributed by atoms with Gasteiger partial charge in [-0.1, -0.05) is 24.3 Å². The average Bonchev–Trinajstić information content (AvgIpc) is 2.65. The molecule has 0 aliphatic heterocycles. The summed E-state index contributed by atoms with van der Waals surface area (Å²) in [4.78, 5) is 25.0. The molecule has 2 N–H and O–H groups in total. The lowest BCUT2D eigenvalue weighted by molar-refractivity contribution is -0.125. The molecule has 1 fully saturated rings. The lowest BCUT2D eigenvalue weighted by Gasteiger charge is -2.27. The molecule has 1 aliphatic rings. The van der Waals surface area contributed by atoms with Crippen molar-refractivity contribution in [2.24, 2.45) is 11.8 Å². The minimum Gasteiger partial charge on any atom is -0.325 e. The Labute approximate surface area is 170 Å². The Balaban J connectivity index is 1.52. The zero-order valence-electron chi connectivity index (χ0n) is 14.2. The highest BCUT2D eigenvalue weighted by Gasteiger charge is 2.30. The average molecular weight is 480 g/mol. The first kappa shape index (κ1) is 19.1. The summed E-state index contributed by atoms with van der Waals surface area (Å²) >= 11 is 6.89. The molecule has 0 heterocycles. The molecule has 2 amide bonds. The minimum atomic E-state index is -0.0467. The largest absolute Gasteiger partial charge is 0.325 e. The monoisotopic (exact) mass is 478 g/mol. The normalized spacial score (nSPS) is 19.6. The summed E-state index contributed by atoms with van der Waals surface area (Å²) in [5.74, 6) is -0.0349. The van der Waals surface area contributed by atoms with E-state index in [1.807, 2.05) is 48.5 Å². The molecule has 0 saturated heterocycles. The van der Waals surface area contributed by atoms with Gasteiger partial charge in [-0.15, -0.1) is 0 Å². The number of halogens is 2. The maximum atomic E-state index is 12.5. The lowest BCUT2D eigenvalue weighted by Crippen LogP contribution is -2.32. The zero-order valence-corrected chi connectivity index (χ0v) is 17.3. The molecule has 0 atom stereocenters. The Morgan fingerprint density at radius 2 is 1.04 bits per heavy atom. The third-order valence-corrected chi connectivity index (χ3v) is 6.12. The van der Waals surface area contributed by atoms with Gasteiger partial charge in [0.1, 0.15) is 0 Å². The van der Waals surface area contributed by atoms with E-state index in [9.17, 15) is 9.59 Å². The second kappa shape index (κ2) is 8.82. The van der Waals surface area contributed by atoms with Crippen LogP contribution in [0.5, 0.6) is 0 Å². The van der Waals surface area contributed by atoms with Gasteiger partial charge in [-0.25, -0.2) is 0 Å². The van der Waals surface area contributed by atoms with E-state index in [2.05, 4.69) is 42.5 Å². The summed E-state index contributed by atoms with van der Waals surface area (Å²) in [5.41, 5.74) is 1.57. The Morgan fingerprint density at radius 1 is 0.692 bits per heavy atom. The van der Waals surface area contributed by atoms with Crippen LogP contribution in [0.2, 0.25) is 0 Å². The van der Waals surface area contributed by atoms with E-state index < -0.39 is 0 Å². The molecule has 0 aromatic heterocycles. The van der Waals surface area contributed by atoms with Crippen molar-refractivity contribution >= 4 is 55.0 Å². The second-order valence-corrected chi connectivity index (χ2v) is 8.20. The van der Waals surface area contributed by atoms with Gasteiger partial charge in [0.25, 0.3) is 0 Å². The summed E-state index contributed by atoms with van der Waals surface area (Å²) in [6.45, 7) is 0. The second-order valence-electron chi connectivity index (χ2n) is 6.49. The first-order valence-electron chi connectivity index (χ1n) is 8.65. The number of amides is 2. The number of carbonyl (C=O) groups is 2. The number of rotatable bonds is 4. The van der Waals surface area contributed by atoms with Crippen LogP contribution < -0.4 is 10.6 Å². The van der Waals surface area contributed by atoms with E-state index in [1.165, 1.54) is 0 Å². The molecular formula is C20H20Br2N2O2. The molecule has 0 spiro atoms. The molecule has 0 radical (unpaired) electrons. The Kier molecular flexibility index (Phi) is 6.48. The van der Waals surface area contributed by atoms with Crippen LogP contribution in [0.4, 0.5) is 11.4 Å². The summed E-state index contributed by atoms with van der Waals surface area (Å²) in [6.07, 6.45) is 2.91. The van der Waals surface area contributed by atoms with Crippen LogP contribution in [0.3, 0.4) is 0 Å². The van der Waals surface area contributed by atoms with Crippen LogP contribution in [0, 0.1) is 11.8 Å². The Hall–Kier alpha value is -1.66. The highest BCUT2D eigenvalue weighted by atomic mass is 79.9. The Morgan fingerprint density at radius 3 is 1.38 bits per heavy atom. The van der Waals surface area contributed by atoms with E-state index in [0.29, 0.717) is 0 Å². The molecule has 0 bridgehead atoms. The van der Waals surface area contributed by atoms with Crippen LogP contribution in [0.25, 0.3) is 0 Å². The van der Waals surface area contributed by atoms with E-state index in [4.69, 9.17) is 0 Å². The van der Waals surface area contributed by atoms with Crippen molar-refractivity contribution in [3.05, 3.63) is 57.5 Å². The lowest BCUT2D eigenvalue weighted by atomic mass is 9.81. The molecule has 2 aromatic carbocycles. The maximum Gasteiger partial charge on any atom is 0.227 e. The van der Waals surface area contributed by atoms with Crippen LogP contribution in [-0.4, -0.2) is 11.8 Å². The number of anilines is 2. The number of para-hydroxylation sites is 2. The van der Waals surface area contributed by atoms with Crippen molar-refractivity contribution in [2.75, 3.05) is 10.6 Å². The maximum absolute atomic E-state index is 12.5.